The predicted octanol–water partition coefficient (Wildman–Crippen LogP) is 6.73. The van der Waals surface area contributed by atoms with Crippen LogP contribution in [-0.2, 0) is 0 Å². The highest BCUT2D eigenvalue weighted by Gasteiger charge is 2.19. The average molecular weight is 315 g/mol. The molecule has 1 fully saturated rings. The van der Waals surface area contributed by atoms with Gasteiger partial charge in [0.1, 0.15) is 0 Å². The summed E-state index contributed by atoms with van der Waals surface area (Å²) in [7, 11) is 0. The molecule has 0 radical (unpaired) electrons. The number of fused-ring (bicyclic) bond motifs is 1. The molecule has 0 amide bonds. The van der Waals surface area contributed by atoms with Crippen LogP contribution >= 0.6 is 0 Å². The lowest BCUT2D eigenvalue weighted by molar-refractivity contribution is 0.456. The first kappa shape index (κ1) is 15.4. The predicted molar refractivity (Wildman–Crippen MR) is 102 cm³/mol. The standard InChI is InChI=1S/C23H25N/c1-2-4-10-18(11-5-3-1)21-16-19-12-6-7-13-20(19)17-22(21)23-14-8-9-15-24-23/h6-9,12-18H,1-5,10-11H2. The number of pyridine rings is 1. The molecule has 0 aliphatic heterocycles. The van der Waals surface area contributed by atoms with Gasteiger partial charge in [-0.3, -0.25) is 4.98 Å². The Morgan fingerprint density at radius 1 is 0.708 bits per heavy atom. The maximum absolute atomic E-state index is 4.65. The second kappa shape index (κ2) is 7.17. The van der Waals surface area contributed by atoms with E-state index in [1.807, 2.05) is 12.3 Å². The van der Waals surface area contributed by atoms with Crippen LogP contribution in [0.2, 0.25) is 0 Å². The topological polar surface area (TPSA) is 12.9 Å². The summed E-state index contributed by atoms with van der Waals surface area (Å²) < 4.78 is 0. The van der Waals surface area contributed by atoms with Gasteiger partial charge in [0.15, 0.2) is 0 Å². The lowest BCUT2D eigenvalue weighted by Gasteiger charge is -2.23. The van der Waals surface area contributed by atoms with Crippen LogP contribution in [0.3, 0.4) is 0 Å². The van der Waals surface area contributed by atoms with E-state index in [2.05, 4.69) is 53.5 Å². The molecule has 2 aromatic carbocycles. The van der Waals surface area contributed by atoms with Crippen molar-refractivity contribution in [2.75, 3.05) is 0 Å². The Kier molecular flexibility index (Phi) is 4.60. The van der Waals surface area contributed by atoms with Crippen molar-refractivity contribution < 1.29 is 0 Å². The smallest absolute Gasteiger partial charge is 0.0705 e. The van der Waals surface area contributed by atoms with Crippen LogP contribution in [-0.4, -0.2) is 4.98 Å². The highest BCUT2D eigenvalue weighted by molar-refractivity contribution is 5.88. The molecule has 0 atom stereocenters. The van der Waals surface area contributed by atoms with Crippen LogP contribution in [0.25, 0.3) is 22.0 Å². The average Bonchev–Trinajstić information content (AvgIpc) is 2.61. The Morgan fingerprint density at radius 3 is 2.08 bits per heavy atom. The van der Waals surface area contributed by atoms with Crippen molar-refractivity contribution in [1.29, 1.82) is 0 Å². The van der Waals surface area contributed by atoms with E-state index in [0.29, 0.717) is 5.92 Å². The van der Waals surface area contributed by atoms with E-state index in [0.717, 1.165) is 5.69 Å². The number of aromatic nitrogens is 1. The van der Waals surface area contributed by atoms with E-state index in [1.54, 1.807) is 0 Å². The zero-order chi connectivity index (χ0) is 16.2. The highest BCUT2D eigenvalue weighted by atomic mass is 14.7. The van der Waals surface area contributed by atoms with Crippen LogP contribution < -0.4 is 0 Å². The third-order valence-corrected chi connectivity index (χ3v) is 5.40. The van der Waals surface area contributed by atoms with Gasteiger partial charge in [0, 0.05) is 11.8 Å². The molecule has 122 valence electrons. The van der Waals surface area contributed by atoms with Crippen molar-refractivity contribution in [3.05, 3.63) is 66.4 Å². The van der Waals surface area contributed by atoms with E-state index in [1.165, 1.54) is 66.8 Å². The normalized spacial score (nSPS) is 16.7. The summed E-state index contributed by atoms with van der Waals surface area (Å²) in [5, 5.41) is 2.67. The fourth-order valence-electron chi connectivity index (χ4n) is 4.11. The summed E-state index contributed by atoms with van der Waals surface area (Å²) in [6.45, 7) is 0. The molecule has 1 aliphatic rings. The number of hydrogen-bond donors (Lipinski definition) is 0. The fourth-order valence-corrected chi connectivity index (χ4v) is 4.11. The van der Waals surface area contributed by atoms with Gasteiger partial charge in [-0.1, -0.05) is 68.5 Å². The minimum Gasteiger partial charge on any atom is -0.256 e. The molecule has 1 heteroatoms. The van der Waals surface area contributed by atoms with Crippen molar-refractivity contribution in [3.8, 4) is 11.3 Å². The van der Waals surface area contributed by atoms with E-state index in [9.17, 15) is 0 Å². The summed E-state index contributed by atoms with van der Waals surface area (Å²) in [5.74, 6) is 0.673. The Bertz CT molecular complexity index is 799. The van der Waals surface area contributed by atoms with Gasteiger partial charge in [0.2, 0.25) is 0 Å². The highest BCUT2D eigenvalue weighted by Crippen LogP contribution is 2.38. The monoisotopic (exact) mass is 315 g/mol. The third kappa shape index (κ3) is 3.21. The first-order chi connectivity index (χ1) is 11.9. The van der Waals surface area contributed by atoms with E-state index < -0.39 is 0 Å². The minimum absolute atomic E-state index is 0.673. The minimum atomic E-state index is 0.673. The van der Waals surface area contributed by atoms with Crippen molar-refractivity contribution >= 4 is 10.8 Å². The van der Waals surface area contributed by atoms with Crippen molar-refractivity contribution in [2.24, 2.45) is 0 Å². The molecule has 0 spiro atoms. The van der Waals surface area contributed by atoms with Gasteiger partial charge < -0.3 is 0 Å². The number of hydrogen-bond acceptors (Lipinski definition) is 1. The summed E-state index contributed by atoms with van der Waals surface area (Å²) in [6.07, 6.45) is 11.5. The lowest BCUT2D eigenvalue weighted by atomic mass is 9.82. The second-order valence-corrected chi connectivity index (χ2v) is 7.04. The molecule has 1 saturated carbocycles. The van der Waals surface area contributed by atoms with E-state index in [-0.39, 0.29) is 0 Å². The van der Waals surface area contributed by atoms with E-state index in [4.69, 9.17) is 0 Å². The van der Waals surface area contributed by atoms with E-state index >= 15 is 0 Å². The lowest BCUT2D eigenvalue weighted by Crippen LogP contribution is -2.05. The van der Waals surface area contributed by atoms with Crippen LogP contribution in [0, 0.1) is 0 Å². The summed E-state index contributed by atoms with van der Waals surface area (Å²) in [5.41, 5.74) is 3.95. The third-order valence-electron chi connectivity index (χ3n) is 5.40. The SMILES string of the molecule is c1ccc(-c2cc3ccccc3cc2C2CCCCCCC2)nc1. The zero-order valence-corrected chi connectivity index (χ0v) is 14.2. The fraction of sp³-hybridized carbons (Fsp3) is 0.348. The Balaban J connectivity index is 1.84. The van der Waals surface area contributed by atoms with Gasteiger partial charge in [-0.15, -0.1) is 0 Å². The molecule has 3 aromatic rings. The molecule has 1 aromatic heterocycles. The zero-order valence-electron chi connectivity index (χ0n) is 14.2. The summed E-state index contributed by atoms with van der Waals surface area (Å²) in [4.78, 5) is 4.65. The van der Waals surface area contributed by atoms with Crippen LogP contribution in [0.1, 0.15) is 56.4 Å². The van der Waals surface area contributed by atoms with Crippen molar-refractivity contribution in [3.63, 3.8) is 0 Å². The molecule has 1 heterocycles. The van der Waals surface area contributed by atoms with Crippen LogP contribution in [0.5, 0.6) is 0 Å². The van der Waals surface area contributed by atoms with Crippen LogP contribution in [0.15, 0.2) is 60.8 Å². The van der Waals surface area contributed by atoms with Crippen LogP contribution in [0.4, 0.5) is 0 Å². The Morgan fingerprint density at radius 2 is 1.38 bits per heavy atom. The largest absolute Gasteiger partial charge is 0.256 e. The maximum Gasteiger partial charge on any atom is 0.0705 e. The molecule has 0 N–H and O–H groups in total. The molecular weight excluding hydrogens is 290 g/mol. The Hall–Kier alpha value is -2.15. The first-order valence-corrected chi connectivity index (χ1v) is 9.36. The number of benzene rings is 2. The van der Waals surface area contributed by atoms with Gasteiger partial charge >= 0.3 is 0 Å². The van der Waals surface area contributed by atoms with Gasteiger partial charge in [0.05, 0.1) is 5.69 Å². The Labute approximate surface area is 144 Å². The van der Waals surface area contributed by atoms with Crippen molar-refractivity contribution in [2.45, 2.75) is 50.9 Å². The first-order valence-electron chi connectivity index (χ1n) is 9.36. The molecular formula is C23H25N. The summed E-state index contributed by atoms with van der Waals surface area (Å²) >= 11 is 0. The molecule has 0 unspecified atom stereocenters. The van der Waals surface area contributed by atoms with Gasteiger partial charge in [-0.05, 0) is 53.3 Å². The molecule has 4 rings (SSSR count). The molecule has 1 aliphatic carbocycles. The van der Waals surface area contributed by atoms with Gasteiger partial charge in [0.25, 0.3) is 0 Å². The van der Waals surface area contributed by atoms with Gasteiger partial charge in [-0.2, -0.15) is 0 Å². The number of rotatable bonds is 2. The second-order valence-electron chi connectivity index (χ2n) is 7.04. The molecule has 0 bridgehead atoms. The van der Waals surface area contributed by atoms with Gasteiger partial charge in [-0.25, -0.2) is 0 Å². The molecule has 24 heavy (non-hydrogen) atoms. The molecule has 0 saturated heterocycles. The van der Waals surface area contributed by atoms with Crippen molar-refractivity contribution in [1.82, 2.24) is 4.98 Å². The summed E-state index contributed by atoms with van der Waals surface area (Å²) in [6, 6.07) is 19.8. The molecule has 1 nitrogen and oxygen atoms in total. The maximum atomic E-state index is 4.65. The quantitative estimate of drug-likeness (QED) is 0.511. The number of nitrogens with zero attached hydrogens (tertiary/aromatic N) is 1.